The molecular formula is C27H35N5O5. The van der Waals surface area contributed by atoms with Crippen molar-refractivity contribution in [1.82, 2.24) is 19.3 Å². The third kappa shape index (κ3) is 5.69. The van der Waals surface area contributed by atoms with Gasteiger partial charge < -0.3 is 19.1 Å². The Morgan fingerprint density at radius 1 is 1.27 bits per heavy atom. The molecule has 2 atom stereocenters. The number of nitrogens with one attached hydrogen (secondary N) is 1. The van der Waals surface area contributed by atoms with E-state index in [9.17, 15) is 9.59 Å². The number of benzene rings is 1. The van der Waals surface area contributed by atoms with E-state index in [1.807, 2.05) is 44.0 Å². The number of likely N-dealkylation sites (tertiary alicyclic amines) is 1. The summed E-state index contributed by atoms with van der Waals surface area (Å²) in [5.74, 6) is 1.46. The minimum Gasteiger partial charge on any atom is -0.495 e. The summed E-state index contributed by atoms with van der Waals surface area (Å²) in [5, 5.41) is 2.78. The first kappa shape index (κ1) is 26.4. The molecule has 0 saturated carbocycles. The number of ether oxygens (including phenoxy) is 3. The van der Waals surface area contributed by atoms with Crippen molar-refractivity contribution in [2.75, 3.05) is 39.2 Å². The third-order valence-electron chi connectivity index (χ3n) is 6.65. The summed E-state index contributed by atoms with van der Waals surface area (Å²) < 4.78 is 18.1. The number of hydrogen-bond donors (Lipinski definition) is 1. The number of aromatic nitrogens is 3. The molecule has 1 saturated heterocycles. The molecular weight excluding hydrogens is 474 g/mol. The van der Waals surface area contributed by atoms with Crippen molar-refractivity contribution < 1.29 is 23.8 Å². The highest BCUT2D eigenvalue weighted by Crippen LogP contribution is 2.36. The van der Waals surface area contributed by atoms with Gasteiger partial charge in [0.05, 0.1) is 29.7 Å². The van der Waals surface area contributed by atoms with Crippen LogP contribution in [0.2, 0.25) is 0 Å². The summed E-state index contributed by atoms with van der Waals surface area (Å²) in [7, 11) is 3.09. The predicted octanol–water partition coefficient (Wildman–Crippen LogP) is 4.41. The fraction of sp³-hybridized carbons (Fsp3) is 0.481. The number of anilines is 1. The van der Waals surface area contributed by atoms with Crippen LogP contribution < -0.4 is 10.1 Å². The Morgan fingerprint density at radius 2 is 2.08 bits per heavy atom. The van der Waals surface area contributed by atoms with Crippen molar-refractivity contribution in [2.24, 2.45) is 0 Å². The van der Waals surface area contributed by atoms with E-state index in [4.69, 9.17) is 19.2 Å². The lowest BCUT2D eigenvalue weighted by Gasteiger charge is -2.15. The van der Waals surface area contributed by atoms with Gasteiger partial charge in [0.1, 0.15) is 24.3 Å². The summed E-state index contributed by atoms with van der Waals surface area (Å²) in [6, 6.07) is 5.54. The van der Waals surface area contributed by atoms with E-state index in [1.165, 1.54) is 7.11 Å². The molecule has 37 heavy (non-hydrogen) atoms. The van der Waals surface area contributed by atoms with E-state index in [0.29, 0.717) is 24.5 Å². The van der Waals surface area contributed by atoms with Crippen LogP contribution in [-0.2, 0) is 14.3 Å². The first-order valence-electron chi connectivity index (χ1n) is 12.6. The molecule has 1 N–H and O–H groups in total. The largest absolute Gasteiger partial charge is 0.495 e. The van der Waals surface area contributed by atoms with Crippen LogP contribution in [0.5, 0.6) is 5.75 Å². The Labute approximate surface area is 216 Å². The summed E-state index contributed by atoms with van der Waals surface area (Å²) in [6.07, 6.45) is 5.54. The van der Waals surface area contributed by atoms with Gasteiger partial charge in [0.15, 0.2) is 0 Å². The summed E-state index contributed by atoms with van der Waals surface area (Å²) in [4.78, 5) is 36.1. The predicted molar refractivity (Wildman–Crippen MR) is 140 cm³/mol. The zero-order valence-corrected chi connectivity index (χ0v) is 22.1. The molecule has 0 aliphatic carbocycles. The molecule has 2 aromatic heterocycles. The quantitative estimate of drug-likeness (QED) is 0.455. The number of nitrogens with zero attached hydrogens (tertiary/aromatic N) is 4. The molecule has 4 rings (SSSR count). The second-order valence-corrected chi connectivity index (χ2v) is 9.35. The maximum Gasteiger partial charge on any atom is 0.412 e. The minimum atomic E-state index is -0.518. The number of aryl methyl sites for hydroxylation is 1. The fourth-order valence-corrected chi connectivity index (χ4v) is 4.85. The lowest BCUT2D eigenvalue weighted by atomic mass is 10.1. The SMILES string of the molecule is CCC[C@@H](C)OC(=O)Nc1ccc(-c2nc([C@H]3CCN(C(=O)COC)C3)n3ccnc(C)c23)cc1OC. The van der Waals surface area contributed by atoms with Crippen LogP contribution in [-0.4, -0.2) is 71.3 Å². The topological polar surface area (TPSA) is 107 Å². The molecule has 1 fully saturated rings. The van der Waals surface area contributed by atoms with Gasteiger partial charge in [0.25, 0.3) is 0 Å². The van der Waals surface area contributed by atoms with Crippen LogP contribution in [0.4, 0.5) is 10.5 Å². The third-order valence-corrected chi connectivity index (χ3v) is 6.65. The number of fused-ring (bicyclic) bond motifs is 1. The molecule has 1 aliphatic rings. The summed E-state index contributed by atoms with van der Waals surface area (Å²) in [5.41, 5.74) is 3.86. The molecule has 1 aromatic carbocycles. The second-order valence-electron chi connectivity index (χ2n) is 9.35. The van der Waals surface area contributed by atoms with E-state index < -0.39 is 6.09 Å². The molecule has 10 heteroatoms. The molecule has 0 spiro atoms. The van der Waals surface area contributed by atoms with E-state index in [0.717, 1.165) is 47.6 Å². The molecule has 3 heterocycles. The smallest absolute Gasteiger partial charge is 0.412 e. The molecule has 3 aromatic rings. The maximum absolute atomic E-state index is 12.4. The second kappa shape index (κ2) is 11.6. The number of rotatable bonds is 9. The van der Waals surface area contributed by atoms with Gasteiger partial charge >= 0.3 is 6.09 Å². The Kier molecular flexibility index (Phi) is 8.27. The molecule has 2 amide bonds. The van der Waals surface area contributed by atoms with Gasteiger partial charge in [0, 0.05) is 44.1 Å². The number of imidazole rings is 1. The van der Waals surface area contributed by atoms with Crippen LogP contribution in [0.1, 0.15) is 50.5 Å². The normalized spacial score (nSPS) is 16.1. The fourth-order valence-electron chi connectivity index (χ4n) is 4.85. The van der Waals surface area contributed by atoms with Gasteiger partial charge in [-0.1, -0.05) is 19.4 Å². The van der Waals surface area contributed by atoms with Crippen molar-refractivity contribution in [3.8, 4) is 17.0 Å². The molecule has 1 aliphatic heterocycles. The molecule has 10 nitrogen and oxygen atoms in total. The highest BCUT2D eigenvalue weighted by molar-refractivity contribution is 5.89. The Bertz CT molecular complexity index is 1270. The van der Waals surface area contributed by atoms with Crippen LogP contribution in [0.15, 0.2) is 30.6 Å². The highest BCUT2D eigenvalue weighted by atomic mass is 16.6. The molecule has 0 unspecified atom stereocenters. The van der Waals surface area contributed by atoms with Gasteiger partial charge in [0.2, 0.25) is 5.91 Å². The summed E-state index contributed by atoms with van der Waals surface area (Å²) >= 11 is 0. The Morgan fingerprint density at radius 3 is 2.81 bits per heavy atom. The number of carbonyl (C=O) groups is 2. The highest BCUT2D eigenvalue weighted by Gasteiger charge is 2.31. The molecule has 0 bridgehead atoms. The van der Waals surface area contributed by atoms with Crippen molar-refractivity contribution in [3.05, 3.63) is 42.1 Å². The van der Waals surface area contributed by atoms with Crippen molar-refractivity contribution in [1.29, 1.82) is 0 Å². The number of carbonyl (C=O) groups excluding carboxylic acids is 2. The lowest BCUT2D eigenvalue weighted by molar-refractivity contribution is -0.134. The monoisotopic (exact) mass is 509 g/mol. The maximum atomic E-state index is 12.4. The molecule has 198 valence electrons. The zero-order chi connectivity index (χ0) is 26.5. The van der Waals surface area contributed by atoms with Gasteiger partial charge in [-0.15, -0.1) is 0 Å². The van der Waals surface area contributed by atoms with E-state index in [2.05, 4.69) is 14.7 Å². The van der Waals surface area contributed by atoms with Crippen LogP contribution >= 0.6 is 0 Å². The van der Waals surface area contributed by atoms with E-state index in [1.54, 1.807) is 19.4 Å². The molecule has 0 radical (unpaired) electrons. The first-order valence-corrected chi connectivity index (χ1v) is 12.6. The summed E-state index contributed by atoms with van der Waals surface area (Å²) in [6.45, 7) is 7.21. The standard InChI is InChI=1S/C27H35N5O5/c1-6-7-17(2)37-27(34)29-21-9-8-19(14-22(21)36-5)24-25-18(3)28-11-13-32(25)26(30-24)20-10-12-31(15-20)23(33)16-35-4/h8-9,11,13-14,17,20H,6-7,10,12,15-16H2,1-5H3,(H,29,34)/t17-,20+/m1/s1. The average molecular weight is 510 g/mol. The number of methoxy groups -OCH3 is 2. The van der Waals surface area contributed by atoms with Gasteiger partial charge in [-0.2, -0.15) is 0 Å². The van der Waals surface area contributed by atoms with E-state index >= 15 is 0 Å². The Hall–Kier alpha value is -3.66. The van der Waals surface area contributed by atoms with E-state index in [-0.39, 0.29) is 24.5 Å². The van der Waals surface area contributed by atoms with Crippen molar-refractivity contribution in [2.45, 2.75) is 52.1 Å². The Balaban J connectivity index is 1.65. The first-order chi connectivity index (χ1) is 17.9. The van der Waals surface area contributed by atoms with Crippen LogP contribution in [0.3, 0.4) is 0 Å². The van der Waals surface area contributed by atoms with Gasteiger partial charge in [-0.3, -0.25) is 19.5 Å². The number of amides is 2. The van der Waals surface area contributed by atoms with Crippen molar-refractivity contribution >= 4 is 23.2 Å². The van der Waals surface area contributed by atoms with Crippen LogP contribution in [0.25, 0.3) is 16.8 Å². The van der Waals surface area contributed by atoms with Gasteiger partial charge in [-0.25, -0.2) is 9.78 Å². The number of hydrogen-bond acceptors (Lipinski definition) is 7. The zero-order valence-electron chi connectivity index (χ0n) is 22.1. The van der Waals surface area contributed by atoms with Gasteiger partial charge in [-0.05, 0) is 38.8 Å². The lowest BCUT2D eigenvalue weighted by Crippen LogP contribution is -2.31. The van der Waals surface area contributed by atoms with Crippen LogP contribution in [0, 0.1) is 6.92 Å². The average Bonchev–Trinajstić information content (AvgIpc) is 3.50. The van der Waals surface area contributed by atoms with Crippen molar-refractivity contribution in [3.63, 3.8) is 0 Å². The minimum absolute atomic E-state index is 0.0145.